The lowest BCUT2D eigenvalue weighted by molar-refractivity contribution is 0.431. The summed E-state index contributed by atoms with van der Waals surface area (Å²) in [7, 11) is 0. The number of phenolic OH excluding ortho intramolecular Hbond substituents is 1. The number of fused-ring (bicyclic) bond motifs is 1. The molecular formula is C17H12ClF2N5OS. The summed E-state index contributed by atoms with van der Waals surface area (Å²) in [6, 6.07) is 8.86. The fraction of sp³-hybridized carbons (Fsp3) is 0.118. The van der Waals surface area contributed by atoms with E-state index < -0.39 is 11.6 Å². The molecule has 138 valence electrons. The number of nitrogens with one attached hydrogen (secondary N) is 1. The zero-order valence-electron chi connectivity index (χ0n) is 13.7. The number of phenols is 1. The highest BCUT2D eigenvalue weighted by Crippen LogP contribution is 2.28. The third-order valence-electron chi connectivity index (χ3n) is 3.90. The number of aromatic nitrogens is 4. The number of aromatic hydroxyl groups is 1. The molecule has 4 rings (SSSR count). The molecule has 2 N–H and O–H groups in total. The Kier molecular flexibility index (Phi) is 4.63. The van der Waals surface area contributed by atoms with E-state index in [0.717, 1.165) is 5.56 Å². The molecule has 27 heavy (non-hydrogen) atoms. The van der Waals surface area contributed by atoms with Crippen LogP contribution in [0.4, 0.5) is 19.6 Å². The van der Waals surface area contributed by atoms with E-state index in [1.807, 2.05) is 0 Å². The zero-order valence-corrected chi connectivity index (χ0v) is 15.2. The normalized spacial score (nSPS) is 11.2. The third kappa shape index (κ3) is 3.56. The smallest absolute Gasteiger partial charge is 0.236 e. The van der Waals surface area contributed by atoms with Crippen molar-refractivity contribution in [1.29, 1.82) is 0 Å². The Balaban J connectivity index is 1.53. The molecule has 0 bridgehead atoms. The van der Waals surface area contributed by atoms with Gasteiger partial charge in [0.25, 0.3) is 0 Å². The molecule has 0 atom stereocenters. The highest BCUT2D eigenvalue weighted by molar-refractivity contribution is 7.20. The van der Waals surface area contributed by atoms with Gasteiger partial charge in [0.1, 0.15) is 0 Å². The quantitative estimate of drug-likeness (QED) is 0.514. The van der Waals surface area contributed by atoms with Crippen LogP contribution < -0.4 is 5.32 Å². The van der Waals surface area contributed by atoms with Crippen molar-refractivity contribution in [2.45, 2.75) is 12.8 Å². The average molecular weight is 408 g/mol. The van der Waals surface area contributed by atoms with Crippen molar-refractivity contribution < 1.29 is 13.9 Å². The first-order valence-electron chi connectivity index (χ1n) is 7.91. The van der Waals surface area contributed by atoms with Gasteiger partial charge in [-0.05, 0) is 36.2 Å². The minimum absolute atomic E-state index is 0.0197. The SMILES string of the molecule is Oc1cc(CCc2nnc3sc(Nc4cccc(Cl)c4F)nn23)ccc1F. The number of benzene rings is 2. The van der Waals surface area contributed by atoms with Crippen molar-refractivity contribution in [3.8, 4) is 5.75 Å². The molecule has 0 aliphatic carbocycles. The second-order valence-corrected chi connectivity index (χ2v) is 7.09. The molecule has 0 aliphatic rings. The van der Waals surface area contributed by atoms with E-state index in [0.29, 0.717) is 28.8 Å². The second-order valence-electron chi connectivity index (χ2n) is 5.73. The number of halogens is 3. The van der Waals surface area contributed by atoms with Gasteiger partial charge in [-0.2, -0.15) is 4.52 Å². The van der Waals surface area contributed by atoms with Crippen molar-refractivity contribution >= 4 is 38.7 Å². The molecule has 2 aromatic heterocycles. The Morgan fingerprint density at radius 1 is 1.15 bits per heavy atom. The maximum absolute atomic E-state index is 14.0. The lowest BCUT2D eigenvalue weighted by atomic mass is 10.1. The van der Waals surface area contributed by atoms with Crippen LogP contribution in [0.3, 0.4) is 0 Å². The zero-order chi connectivity index (χ0) is 19.0. The lowest BCUT2D eigenvalue weighted by Crippen LogP contribution is -2.00. The van der Waals surface area contributed by atoms with Crippen LogP contribution in [0.1, 0.15) is 11.4 Å². The molecule has 0 unspecified atom stereocenters. The molecular weight excluding hydrogens is 396 g/mol. The van der Waals surface area contributed by atoms with Gasteiger partial charge >= 0.3 is 0 Å². The van der Waals surface area contributed by atoms with Gasteiger partial charge in [0.2, 0.25) is 10.1 Å². The maximum atomic E-state index is 14.0. The molecule has 2 aromatic carbocycles. The van der Waals surface area contributed by atoms with Crippen molar-refractivity contribution in [2.75, 3.05) is 5.32 Å². The minimum atomic E-state index is -0.660. The summed E-state index contributed by atoms with van der Waals surface area (Å²) in [5.41, 5.74) is 0.982. The molecule has 0 saturated carbocycles. The third-order valence-corrected chi connectivity index (χ3v) is 5.00. The topological polar surface area (TPSA) is 75.3 Å². The van der Waals surface area contributed by atoms with Gasteiger partial charge in [0, 0.05) is 6.42 Å². The number of anilines is 2. The summed E-state index contributed by atoms with van der Waals surface area (Å²) in [5, 5.41) is 25.3. The van der Waals surface area contributed by atoms with E-state index in [4.69, 9.17) is 11.6 Å². The first-order valence-corrected chi connectivity index (χ1v) is 9.10. The number of hydrogen-bond donors (Lipinski definition) is 2. The molecule has 0 saturated heterocycles. The minimum Gasteiger partial charge on any atom is -0.505 e. The van der Waals surface area contributed by atoms with Crippen LogP contribution >= 0.6 is 22.9 Å². The van der Waals surface area contributed by atoms with Crippen LogP contribution in [0.25, 0.3) is 4.96 Å². The molecule has 2 heterocycles. The van der Waals surface area contributed by atoms with Crippen LogP contribution in [-0.4, -0.2) is 24.9 Å². The largest absolute Gasteiger partial charge is 0.505 e. The van der Waals surface area contributed by atoms with E-state index in [1.165, 1.54) is 29.5 Å². The van der Waals surface area contributed by atoms with Gasteiger partial charge in [0.05, 0.1) is 10.7 Å². The number of aryl methyl sites for hydroxylation is 2. The van der Waals surface area contributed by atoms with E-state index in [1.54, 1.807) is 22.7 Å². The Morgan fingerprint density at radius 3 is 2.81 bits per heavy atom. The molecule has 0 fully saturated rings. The maximum Gasteiger partial charge on any atom is 0.236 e. The summed E-state index contributed by atoms with van der Waals surface area (Å²) in [6.45, 7) is 0. The van der Waals surface area contributed by atoms with Gasteiger partial charge in [-0.15, -0.1) is 15.3 Å². The first-order chi connectivity index (χ1) is 13.0. The van der Waals surface area contributed by atoms with Crippen LogP contribution in [0, 0.1) is 11.6 Å². The van der Waals surface area contributed by atoms with Gasteiger partial charge in [-0.3, -0.25) is 0 Å². The van der Waals surface area contributed by atoms with E-state index in [9.17, 15) is 13.9 Å². The first kappa shape index (κ1) is 17.6. The molecule has 0 spiro atoms. The van der Waals surface area contributed by atoms with Crippen molar-refractivity contribution in [2.24, 2.45) is 0 Å². The van der Waals surface area contributed by atoms with Crippen LogP contribution in [0.2, 0.25) is 5.02 Å². The summed E-state index contributed by atoms with van der Waals surface area (Å²) >= 11 is 7.00. The summed E-state index contributed by atoms with van der Waals surface area (Å²) in [4.78, 5) is 0.553. The van der Waals surface area contributed by atoms with Crippen LogP contribution in [0.5, 0.6) is 5.75 Å². The highest BCUT2D eigenvalue weighted by Gasteiger charge is 2.14. The second kappa shape index (κ2) is 7.09. The predicted molar refractivity (Wildman–Crippen MR) is 98.8 cm³/mol. The van der Waals surface area contributed by atoms with E-state index in [2.05, 4.69) is 20.6 Å². The Labute approximate surface area is 161 Å². The summed E-state index contributed by atoms with van der Waals surface area (Å²) in [6.07, 6.45) is 1.01. The summed E-state index contributed by atoms with van der Waals surface area (Å²) < 4.78 is 28.7. The molecule has 0 aliphatic heterocycles. The Hall–Kier alpha value is -2.78. The standard InChI is InChI=1S/C17H12ClF2N5OS/c18-10-2-1-3-12(15(10)20)21-16-24-25-14(22-23-17(25)27-16)7-5-9-4-6-11(19)13(26)8-9/h1-4,6,8,26H,5,7H2,(H,21,24). The van der Waals surface area contributed by atoms with Gasteiger partial charge < -0.3 is 10.4 Å². The molecule has 6 nitrogen and oxygen atoms in total. The highest BCUT2D eigenvalue weighted by atomic mass is 35.5. The lowest BCUT2D eigenvalue weighted by Gasteiger charge is -2.04. The Bertz CT molecular complexity index is 1130. The van der Waals surface area contributed by atoms with Gasteiger partial charge in [-0.1, -0.05) is 35.1 Å². The van der Waals surface area contributed by atoms with E-state index in [-0.39, 0.29) is 16.5 Å². The van der Waals surface area contributed by atoms with Crippen LogP contribution in [0.15, 0.2) is 36.4 Å². The van der Waals surface area contributed by atoms with Crippen molar-refractivity contribution in [3.05, 3.63) is 64.4 Å². The number of nitrogens with zero attached hydrogens (tertiary/aromatic N) is 4. The molecule has 0 amide bonds. The van der Waals surface area contributed by atoms with Crippen molar-refractivity contribution in [3.63, 3.8) is 0 Å². The van der Waals surface area contributed by atoms with Crippen LogP contribution in [-0.2, 0) is 12.8 Å². The molecule has 0 radical (unpaired) electrons. The van der Waals surface area contributed by atoms with Crippen molar-refractivity contribution in [1.82, 2.24) is 19.8 Å². The monoisotopic (exact) mass is 407 g/mol. The fourth-order valence-corrected chi connectivity index (χ4v) is 3.49. The summed E-state index contributed by atoms with van der Waals surface area (Å²) in [5.74, 6) is -0.999. The van der Waals surface area contributed by atoms with Gasteiger partial charge in [0.15, 0.2) is 23.2 Å². The fourth-order valence-electron chi connectivity index (χ4n) is 2.55. The Morgan fingerprint density at radius 2 is 2.00 bits per heavy atom. The van der Waals surface area contributed by atoms with Gasteiger partial charge in [-0.25, -0.2) is 8.78 Å². The molecule has 4 aromatic rings. The van der Waals surface area contributed by atoms with E-state index >= 15 is 0 Å². The number of hydrogen-bond acceptors (Lipinski definition) is 6. The number of rotatable bonds is 5. The molecule has 10 heteroatoms. The predicted octanol–water partition coefficient (Wildman–Crippen LogP) is 4.35. The average Bonchev–Trinajstić information content (AvgIpc) is 3.20.